The van der Waals surface area contributed by atoms with Crippen molar-refractivity contribution in [2.24, 2.45) is 0 Å². The second-order valence-electron chi connectivity index (χ2n) is 5.78. The fraction of sp³-hybridized carbons (Fsp3) is 0.235. The van der Waals surface area contributed by atoms with Gasteiger partial charge in [-0.15, -0.1) is 22.7 Å². The molecule has 7 heteroatoms. The van der Waals surface area contributed by atoms with Gasteiger partial charge in [0.15, 0.2) is 0 Å². The number of rotatable bonds is 2. The molecular formula is C17H13N2O3S2-. The number of thiophene rings is 2. The van der Waals surface area contributed by atoms with Gasteiger partial charge < -0.3 is 9.90 Å². The standard InChI is InChI=1S/C17H14N2O3S2/c1-8-3-4-11(23-8)7-10-5-6-19-14(10)18-15-12(16(19)20)9(2)13(24-15)17(21)22/h3-4,7H,5-6H2,1-2H3,(H,21,22)/p-1/b10-7+. The number of hydrogen-bond donors (Lipinski definition) is 0. The predicted molar refractivity (Wildman–Crippen MR) is 94.5 cm³/mol. The van der Waals surface area contributed by atoms with Gasteiger partial charge in [0.25, 0.3) is 5.56 Å². The number of carboxylic acid groups (broad SMARTS) is 1. The Morgan fingerprint density at radius 3 is 2.79 bits per heavy atom. The molecule has 0 aromatic carbocycles. The number of hydrogen-bond acceptors (Lipinski definition) is 6. The summed E-state index contributed by atoms with van der Waals surface area (Å²) in [5.41, 5.74) is 1.30. The quantitative estimate of drug-likeness (QED) is 0.706. The van der Waals surface area contributed by atoms with E-state index in [1.807, 2.05) is 0 Å². The Morgan fingerprint density at radius 1 is 1.33 bits per heavy atom. The number of nitrogens with zero attached hydrogens (tertiary/aromatic N) is 2. The van der Waals surface area contributed by atoms with Gasteiger partial charge in [-0.05, 0) is 49.6 Å². The highest BCUT2D eigenvalue weighted by Crippen LogP contribution is 2.33. The Labute approximate surface area is 145 Å². The number of aromatic nitrogens is 2. The average Bonchev–Trinajstić information content (AvgIpc) is 3.19. The van der Waals surface area contributed by atoms with E-state index in [0.717, 1.165) is 28.2 Å². The summed E-state index contributed by atoms with van der Waals surface area (Å²) >= 11 is 2.71. The molecule has 0 fully saturated rings. The van der Waals surface area contributed by atoms with Crippen LogP contribution in [0.5, 0.6) is 0 Å². The van der Waals surface area contributed by atoms with Crippen molar-refractivity contribution in [3.05, 3.63) is 48.5 Å². The largest absolute Gasteiger partial charge is 0.544 e. The van der Waals surface area contributed by atoms with E-state index in [2.05, 4.69) is 30.1 Å². The van der Waals surface area contributed by atoms with Crippen molar-refractivity contribution in [3.63, 3.8) is 0 Å². The number of allylic oxidation sites excluding steroid dienone is 1. The number of carbonyl (C=O) groups is 1. The Bertz CT molecular complexity index is 1090. The van der Waals surface area contributed by atoms with Crippen LogP contribution < -0.4 is 10.7 Å². The zero-order valence-corrected chi connectivity index (χ0v) is 14.7. The van der Waals surface area contributed by atoms with Gasteiger partial charge in [0.1, 0.15) is 10.7 Å². The molecule has 1 aliphatic heterocycles. The van der Waals surface area contributed by atoms with Crippen LogP contribution in [0.2, 0.25) is 0 Å². The van der Waals surface area contributed by atoms with Crippen LogP contribution in [0.25, 0.3) is 21.9 Å². The van der Waals surface area contributed by atoms with E-state index in [1.165, 1.54) is 4.88 Å². The van der Waals surface area contributed by atoms with Gasteiger partial charge in [-0.3, -0.25) is 9.36 Å². The van der Waals surface area contributed by atoms with Gasteiger partial charge in [0.05, 0.1) is 16.2 Å². The highest BCUT2D eigenvalue weighted by molar-refractivity contribution is 7.20. The lowest BCUT2D eigenvalue weighted by Gasteiger charge is -2.03. The molecule has 1 aliphatic rings. The molecule has 3 aromatic heterocycles. The average molecular weight is 357 g/mol. The van der Waals surface area contributed by atoms with Gasteiger partial charge in [-0.1, -0.05) is 0 Å². The van der Waals surface area contributed by atoms with Crippen LogP contribution in [0.1, 0.15) is 37.2 Å². The van der Waals surface area contributed by atoms with Crippen molar-refractivity contribution >= 4 is 50.5 Å². The smallest absolute Gasteiger partial charge is 0.262 e. The summed E-state index contributed by atoms with van der Waals surface area (Å²) in [4.78, 5) is 31.5. The third-order valence-corrected chi connectivity index (χ3v) is 6.32. The van der Waals surface area contributed by atoms with E-state index in [1.54, 1.807) is 22.8 Å². The minimum atomic E-state index is -1.26. The summed E-state index contributed by atoms with van der Waals surface area (Å²) in [5, 5.41) is 11.6. The third-order valence-electron chi connectivity index (χ3n) is 4.21. The molecule has 0 spiro atoms. The molecule has 122 valence electrons. The molecule has 3 aromatic rings. The van der Waals surface area contributed by atoms with Crippen LogP contribution in [-0.2, 0) is 6.54 Å². The van der Waals surface area contributed by atoms with E-state index in [4.69, 9.17) is 0 Å². The molecule has 4 rings (SSSR count). The number of aryl methyl sites for hydroxylation is 2. The molecule has 0 amide bonds. The Morgan fingerprint density at radius 2 is 2.12 bits per heavy atom. The fourth-order valence-electron chi connectivity index (χ4n) is 3.05. The zero-order valence-electron chi connectivity index (χ0n) is 13.1. The van der Waals surface area contributed by atoms with E-state index in [9.17, 15) is 14.7 Å². The van der Waals surface area contributed by atoms with Crippen LogP contribution in [-0.4, -0.2) is 15.5 Å². The van der Waals surface area contributed by atoms with Crippen LogP contribution in [0.15, 0.2) is 16.9 Å². The summed E-state index contributed by atoms with van der Waals surface area (Å²) in [6.07, 6.45) is 2.82. The number of fused-ring (bicyclic) bond motifs is 2. The van der Waals surface area contributed by atoms with Gasteiger partial charge in [-0.2, -0.15) is 0 Å². The molecule has 0 N–H and O–H groups in total. The molecule has 0 bridgehead atoms. The minimum absolute atomic E-state index is 0.0817. The third kappa shape index (κ3) is 2.23. The highest BCUT2D eigenvalue weighted by atomic mass is 32.1. The van der Waals surface area contributed by atoms with Crippen LogP contribution in [0.3, 0.4) is 0 Å². The highest BCUT2D eigenvalue weighted by Gasteiger charge is 2.24. The van der Waals surface area contributed by atoms with Gasteiger partial charge >= 0.3 is 0 Å². The van der Waals surface area contributed by atoms with Gasteiger partial charge in [0.2, 0.25) is 0 Å². The molecular weight excluding hydrogens is 344 g/mol. The van der Waals surface area contributed by atoms with Crippen LogP contribution in [0.4, 0.5) is 0 Å². The summed E-state index contributed by atoms with van der Waals surface area (Å²) in [5.74, 6) is -0.616. The molecule has 0 saturated heterocycles. The lowest BCUT2D eigenvalue weighted by Crippen LogP contribution is -2.23. The van der Waals surface area contributed by atoms with E-state index in [-0.39, 0.29) is 10.4 Å². The number of carbonyl (C=O) groups excluding carboxylic acids is 1. The van der Waals surface area contributed by atoms with Crippen molar-refractivity contribution in [2.75, 3.05) is 0 Å². The molecule has 0 unspecified atom stereocenters. The lowest BCUT2D eigenvalue weighted by molar-refractivity contribution is -0.254. The monoisotopic (exact) mass is 357 g/mol. The van der Waals surface area contributed by atoms with Crippen molar-refractivity contribution in [3.8, 4) is 0 Å². The van der Waals surface area contributed by atoms with Crippen LogP contribution in [0, 0.1) is 13.8 Å². The first-order valence-electron chi connectivity index (χ1n) is 7.48. The minimum Gasteiger partial charge on any atom is -0.544 e. The Hall–Kier alpha value is -2.25. The molecule has 0 aliphatic carbocycles. The van der Waals surface area contributed by atoms with Crippen molar-refractivity contribution in [1.82, 2.24) is 9.55 Å². The molecule has 5 nitrogen and oxygen atoms in total. The van der Waals surface area contributed by atoms with E-state index >= 15 is 0 Å². The van der Waals surface area contributed by atoms with Gasteiger partial charge in [-0.25, -0.2) is 4.98 Å². The molecule has 4 heterocycles. The lowest BCUT2D eigenvalue weighted by atomic mass is 10.2. The summed E-state index contributed by atoms with van der Waals surface area (Å²) in [6.45, 7) is 4.26. The predicted octanol–water partition coefficient (Wildman–Crippen LogP) is 2.44. The topological polar surface area (TPSA) is 75.0 Å². The molecule has 0 radical (unpaired) electrons. The zero-order chi connectivity index (χ0) is 17.0. The first-order valence-corrected chi connectivity index (χ1v) is 9.11. The summed E-state index contributed by atoms with van der Waals surface area (Å²) in [6, 6.07) is 4.11. The van der Waals surface area contributed by atoms with Gasteiger partial charge in [0, 0.05) is 16.3 Å². The molecule has 0 atom stereocenters. The Balaban J connectivity index is 1.93. The van der Waals surface area contributed by atoms with Crippen LogP contribution >= 0.6 is 22.7 Å². The normalized spacial score (nSPS) is 15.3. The summed E-state index contributed by atoms with van der Waals surface area (Å²) in [7, 11) is 0. The Kier molecular flexibility index (Phi) is 3.43. The van der Waals surface area contributed by atoms with Crippen molar-refractivity contribution in [1.29, 1.82) is 0 Å². The maximum atomic E-state index is 12.8. The summed E-state index contributed by atoms with van der Waals surface area (Å²) < 4.78 is 1.65. The molecule has 0 saturated carbocycles. The number of carboxylic acids is 1. The van der Waals surface area contributed by atoms with Crippen molar-refractivity contribution < 1.29 is 9.90 Å². The number of aromatic carboxylic acids is 1. The molecule has 24 heavy (non-hydrogen) atoms. The van der Waals surface area contributed by atoms with E-state index < -0.39 is 5.97 Å². The van der Waals surface area contributed by atoms with Crippen molar-refractivity contribution in [2.45, 2.75) is 26.8 Å². The first kappa shape index (κ1) is 15.3. The second-order valence-corrected chi connectivity index (χ2v) is 8.10. The second kappa shape index (κ2) is 5.39. The first-order chi connectivity index (χ1) is 11.5. The maximum absolute atomic E-state index is 12.8. The SMILES string of the molecule is Cc1ccc(/C=C2\CCn3c2nc2sc(C(=O)[O-])c(C)c2c3=O)s1. The van der Waals surface area contributed by atoms with E-state index in [0.29, 0.717) is 28.1 Å². The maximum Gasteiger partial charge on any atom is 0.262 e. The fourth-order valence-corrected chi connectivity index (χ4v) is 4.90.